The molecule has 1 rings (SSSR count). The molecule has 0 aromatic carbocycles. The average molecular weight is 213 g/mol. The standard InChI is InChI=1S/C9H15N3OS/c1-7-8(5-10-12-7)6-11-14(13)9(2,3)4/h5-6H,1-4H3,(H,10,12)/t14-/m1/s1. The molecule has 1 atom stereocenters. The van der Waals surface area contributed by atoms with Crippen molar-refractivity contribution in [1.82, 2.24) is 10.2 Å². The van der Waals surface area contributed by atoms with Crippen molar-refractivity contribution in [2.24, 2.45) is 4.40 Å². The van der Waals surface area contributed by atoms with Crippen LogP contribution in [0, 0.1) is 6.92 Å². The summed E-state index contributed by atoms with van der Waals surface area (Å²) in [5.41, 5.74) is 1.74. The van der Waals surface area contributed by atoms with Crippen LogP contribution in [0.25, 0.3) is 0 Å². The van der Waals surface area contributed by atoms with Crippen LogP contribution in [0.1, 0.15) is 32.0 Å². The predicted octanol–water partition coefficient (Wildman–Crippen LogP) is 1.60. The summed E-state index contributed by atoms with van der Waals surface area (Å²) in [6.45, 7) is 7.55. The number of aromatic nitrogens is 2. The lowest BCUT2D eigenvalue weighted by Gasteiger charge is -2.17. The van der Waals surface area contributed by atoms with E-state index in [-0.39, 0.29) is 4.75 Å². The lowest BCUT2D eigenvalue weighted by atomic mass is 10.3. The fourth-order valence-corrected chi connectivity index (χ4v) is 1.29. The van der Waals surface area contributed by atoms with E-state index in [1.165, 1.54) is 0 Å². The minimum Gasteiger partial charge on any atom is -0.591 e. The van der Waals surface area contributed by atoms with E-state index in [2.05, 4.69) is 14.6 Å². The number of hydrogen-bond donors (Lipinski definition) is 1. The number of nitrogens with one attached hydrogen (secondary N) is 1. The highest BCUT2D eigenvalue weighted by Crippen LogP contribution is 2.16. The second kappa shape index (κ2) is 4.14. The summed E-state index contributed by atoms with van der Waals surface area (Å²) >= 11 is -1.20. The van der Waals surface area contributed by atoms with Gasteiger partial charge >= 0.3 is 0 Å². The molecule has 4 nitrogen and oxygen atoms in total. The van der Waals surface area contributed by atoms with Gasteiger partial charge in [-0.1, -0.05) is 4.40 Å². The molecule has 0 radical (unpaired) electrons. The zero-order valence-electron chi connectivity index (χ0n) is 8.87. The average Bonchev–Trinajstić information content (AvgIpc) is 2.45. The quantitative estimate of drug-likeness (QED) is 0.599. The third-order valence-electron chi connectivity index (χ3n) is 1.68. The number of aromatic amines is 1. The lowest BCUT2D eigenvalue weighted by Crippen LogP contribution is -2.25. The van der Waals surface area contributed by atoms with Gasteiger partial charge in [0.25, 0.3) is 0 Å². The van der Waals surface area contributed by atoms with E-state index in [1.54, 1.807) is 12.4 Å². The zero-order chi connectivity index (χ0) is 10.8. The van der Waals surface area contributed by atoms with Gasteiger partial charge in [0, 0.05) is 11.8 Å². The van der Waals surface area contributed by atoms with Crippen molar-refractivity contribution < 1.29 is 4.55 Å². The van der Waals surface area contributed by atoms with Gasteiger partial charge in [0.2, 0.25) is 0 Å². The molecule has 0 unspecified atom stereocenters. The van der Waals surface area contributed by atoms with E-state index < -0.39 is 11.4 Å². The van der Waals surface area contributed by atoms with Crippen LogP contribution in [-0.4, -0.2) is 25.7 Å². The molecule has 0 aliphatic rings. The van der Waals surface area contributed by atoms with Crippen LogP contribution in [0.3, 0.4) is 0 Å². The van der Waals surface area contributed by atoms with Gasteiger partial charge in [-0.3, -0.25) is 5.10 Å². The number of hydrogen-bond acceptors (Lipinski definition) is 3. The highest BCUT2D eigenvalue weighted by Gasteiger charge is 2.25. The molecule has 1 aromatic heterocycles. The monoisotopic (exact) mass is 213 g/mol. The van der Waals surface area contributed by atoms with Crippen molar-refractivity contribution in [3.05, 3.63) is 17.5 Å². The molecule has 0 saturated carbocycles. The van der Waals surface area contributed by atoms with Gasteiger partial charge in [-0.15, -0.1) is 0 Å². The molecule has 14 heavy (non-hydrogen) atoms. The molecule has 78 valence electrons. The fourth-order valence-electron chi connectivity index (χ4n) is 0.761. The first kappa shape index (κ1) is 11.3. The Balaban J connectivity index is 2.70. The molecule has 1 heterocycles. The maximum Gasteiger partial charge on any atom is 0.144 e. The van der Waals surface area contributed by atoms with Crippen molar-refractivity contribution in [3.63, 3.8) is 0 Å². The third kappa shape index (κ3) is 2.85. The van der Waals surface area contributed by atoms with Crippen LogP contribution < -0.4 is 0 Å². The zero-order valence-corrected chi connectivity index (χ0v) is 9.68. The van der Waals surface area contributed by atoms with Crippen LogP contribution >= 0.6 is 0 Å². The summed E-state index contributed by atoms with van der Waals surface area (Å²) in [7, 11) is 0. The first-order valence-corrected chi connectivity index (χ1v) is 5.48. The normalized spacial score (nSPS) is 14.9. The predicted molar refractivity (Wildman–Crippen MR) is 58.8 cm³/mol. The van der Waals surface area contributed by atoms with Crippen molar-refractivity contribution in [2.45, 2.75) is 32.4 Å². The van der Waals surface area contributed by atoms with E-state index in [9.17, 15) is 4.55 Å². The molecule has 1 N–H and O–H groups in total. The van der Waals surface area contributed by atoms with E-state index in [0.717, 1.165) is 11.3 Å². The second-order valence-corrected chi connectivity index (χ2v) is 5.96. The summed E-state index contributed by atoms with van der Waals surface area (Å²) < 4.78 is 15.2. The Morgan fingerprint density at radius 2 is 2.21 bits per heavy atom. The Morgan fingerprint density at radius 1 is 1.57 bits per heavy atom. The van der Waals surface area contributed by atoms with E-state index >= 15 is 0 Å². The van der Waals surface area contributed by atoms with Gasteiger partial charge in [-0.05, 0) is 27.7 Å². The van der Waals surface area contributed by atoms with E-state index in [4.69, 9.17) is 0 Å². The fraction of sp³-hybridized carbons (Fsp3) is 0.556. The molecule has 0 spiro atoms. The highest BCUT2D eigenvalue weighted by atomic mass is 32.2. The SMILES string of the molecule is Cc1n[nH]cc1C=N[S@+]([O-])C(C)(C)C. The van der Waals surface area contributed by atoms with Crippen molar-refractivity contribution in [2.75, 3.05) is 0 Å². The first-order valence-electron chi connectivity index (χ1n) is 4.37. The van der Waals surface area contributed by atoms with Gasteiger partial charge in [0.1, 0.15) is 16.1 Å². The summed E-state index contributed by atoms with van der Waals surface area (Å²) in [5, 5.41) is 6.66. The minimum absolute atomic E-state index is 0.311. The summed E-state index contributed by atoms with van der Waals surface area (Å²) in [5.74, 6) is 0. The van der Waals surface area contributed by atoms with Crippen molar-refractivity contribution >= 4 is 17.6 Å². The van der Waals surface area contributed by atoms with Crippen molar-refractivity contribution in [3.8, 4) is 0 Å². The number of rotatable bonds is 2. The van der Waals surface area contributed by atoms with E-state index in [1.807, 2.05) is 27.7 Å². The van der Waals surface area contributed by atoms with Crippen LogP contribution in [0.5, 0.6) is 0 Å². The minimum atomic E-state index is -1.20. The van der Waals surface area contributed by atoms with Crippen molar-refractivity contribution in [1.29, 1.82) is 0 Å². The number of aryl methyl sites for hydroxylation is 1. The maximum absolute atomic E-state index is 11.6. The molecule has 0 amide bonds. The number of nitrogens with zero attached hydrogens (tertiary/aromatic N) is 2. The maximum atomic E-state index is 11.6. The topological polar surface area (TPSA) is 64.1 Å². The molecule has 1 aromatic rings. The lowest BCUT2D eigenvalue weighted by molar-refractivity contribution is 0.562. The van der Waals surface area contributed by atoms with Crippen LogP contribution in [0.15, 0.2) is 10.6 Å². The van der Waals surface area contributed by atoms with E-state index in [0.29, 0.717) is 0 Å². The van der Waals surface area contributed by atoms with Crippen LogP contribution in [0.2, 0.25) is 0 Å². The number of H-pyrrole nitrogens is 1. The van der Waals surface area contributed by atoms with Gasteiger partial charge in [-0.2, -0.15) is 5.10 Å². The molecule has 0 aliphatic heterocycles. The molecule has 0 aliphatic carbocycles. The summed E-state index contributed by atoms with van der Waals surface area (Å²) in [6.07, 6.45) is 3.33. The molecular weight excluding hydrogens is 198 g/mol. The van der Waals surface area contributed by atoms with Crippen LogP contribution in [0.4, 0.5) is 0 Å². The highest BCUT2D eigenvalue weighted by molar-refractivity contribution is 7.91. The summed E-state index contributed by atoms with van der Waals surface area (Å²) in [4.78, 5) is 0. The molecule has 5 heteroatoms. The molecule has 0 saturated heterocycles. The van der Waals surface area contributed by atoms with Gasteiger partial charge < -0.3 is 4.55 Å². The Kier molecular flexibility index (Phi) is 3.34. The smallest absolute Gasteiger partial charge is 0.144 e. The molecular formula is C9H15N3OS. The second-order valence-electron chi connectivity index (χ2n) is 4.02. The van der Waals surface area contributed by atoms with Gasteiger partial charge in [-0.25, -0.2) is 0 Å². The largest absolute Gasteiger partial charge is 0.591 e. The molecule has 0 bridgehead atoms. The Morgan fingerprint density at radius 3 is 2.64 bits per heavy atom. The van der Waals surface area contributed by atoms with Crippen LogP contribution in [-0.2, 0) is 11.4 Å². The summed E-state index contributed by atoms with van der Waals surface area (Å²) in [6, 6.07) is 0. The Labute approximate surface area is 87.1 Å². The molecule has 0 fully saturated rings. The Hall–Kier alpha value is -0.810. The van der Waals surface area contributed by atoms with Gasteiger partial charge in [0.05, 0.1) is 11.9 Å². The van der Waals surface area contributed by atoms with Gasteiger partial charge in [0.15, 0.2) is 0 Å². The Bertz CT molecular complexity index is 327. The first-order chi connectivity index (χ1) is 6.41. The third-order valence-corrected chi connectivity index (χ3v) is 3.03.